The normalized spacial score (nSPS) is 13.2. The summed E-state index contributed by atoms with van der Waals surface area (Å²) in [5, 5.41) is 0. The van der Waals surface area contributed by atoms with Crippen LogP contribution < -0.4 is 0 Å². The summed E-state index contributed by atoms with van der Waals surface area (Å²) in [7, 11) is 1.16. The maximum atomic E-state index is 12.3. The number of ether oxygens (including phenoxy) is 1. The monoisotopic (exact) mass is 284 g/mol. The quantitative estimate of drug-likeness (QED) is 0.481. The molecule has 0 radical (unpaired) electrons. The van der Waals surface area contributed by atoms with Gasteiger partial charge in [0, 0.05) is 4.90 Å². The van der Waals surface area contributed by atoms with E-state index >= 15 is 0 Å². The summed E-state index contributed by atoms with van der Waals surface area (Å²) in [6.07, 6.45) is -4.53. The molecule has 0 spiro atoms. The van der Waals surface area contributed by atoms with Gasteiger partial charge in [0.1, 0.15) is 0 Å². The molecular weight excluding hydrogens is 277 g/mol. The number of methoxy groups -OCH3 is 1. The van der Waals surface area contributed by atoms with Gasteiger partial charge >= 0.3 is 12.1 Å². The van der Waals surface area contributed by atoms with Crippen LogP contribution in [-0.4, -0.2) is 24.0 Å². The van der Waals surface area contributed by atoms with Gasteiger partial charge in [-0.2, -0.15) is 13.2 Å². The highest BCUT2D eigenvalue weighted by atomic mass is 35.5. The van der Waals surface area contributed by atoms with Gasteiger partial charge in [-0.3, -0.25) is 0 Å². The van der Waals surface area contributed by atoms with E-state index in [4.69, 9.17) is 11.6 Å². The number of benzene rings is 1. The zero-order valence-electron chi connectivity index (χ0n) is 8.62. The Labute approximate surface area is 105 Å². The fourth-order valence-electron chi connectivity index (χ4n) is 1.03. The third-order valence-corrected chi connectivity index (χ3v) is 3.38. The Bertz CT molecular complexity index is 409. The zero-order valence-corrected chi connectivity index (χ0v) is 10.2. The van der Waals surface area contributed by atoms with Crippen LogP contribution in [0.3, 0.4) is 0 Å². The molecule has 0 aliphatic rings. The lowest BCUT2D eigenvalue weighted by molar-refractivity contribution is -0.113. The van der Waals surface area contributed by atoms with Crippen LogP contribution >= 0.6 is 23.4 Å². The van der Waals surface area contributed by atoms with Crippen molar-refractivity contribution in [1.82, 2.24) is 0 Å². The first-order chi connectivity index (χ1) is 7.86. The molecular formula is C10H8ClF3O2S. The van der Waals surface area contributed by atoms with Crippen LogP contribution in [0.4, 0.5) is 13.2 Å². The van der Waals surface area contributed by atoms with Crippen molar-refractivity contribution in [2.24, 2.45) is 0 Å². The average molecular weight is 285 g/mol. The van der Waals surface area contributed by atoms with E-state index < -0.39 is 16.9 Å². The molecule has 0 aliphatic heterocycles. The van der Waals surface area contributed by atoms with E-state index in [1.807, 2.05) is 0 Å². The number of halogens is 4. The van der Waals surface area contributed by atoms with Gasteiger partial charge in [-0.05, 0) is 12.1 Å². The number of esters is 1. The summed E-state index contributed by atoms with van der Waals surface area (Å²) in [6.45, 7) is 0. The number of hydrogen-bond donors (Lipinski definition) is 0. The molecule has 0 heterocycles. The molecule has 1 aromatic carbocycles. The van der Waals surface area contributed by atoms with Crippen LogP contribution in [0.15, 0.2) is 29.2 Å². The summed E-state index contributed by atoms with van der Waals surface area (Å²) >= 11 is 5.56. The molecule has 0 saturated heterocycles. The topological polar surface area (TPSA) is 26.3 Å². The number of alkyl halides is 4. The Balaban J connectivity index is 2.95. The Morgan fingerprint density at radius 1 is 1.41 bits per heavy atom. The second-order valence-corrected chi connectivity index (χ2v) is 4.81. The summed E-state index contributed by atoms with van der Waals surface area (Å²) in [6, 6.07) is 5.83. The summed E-state index contributed by atoms with van der Waals surface area (Å²) < 4.78 is 39.2. The van der Waals surface area contributed by atoms with Crippen LogP contribution in [0.5, 0.6) is 0 Å². The molecule has 1 aromatic rings. The highest BCUT2D eigenvalue weighted by Crippen LogP contribution is 2.38. The predicted octanol–water partition coefficient (Wildman–Crippen LogP) is 3.69. The van der Waals surface area contributed by atoms with Crippen LogP contribution in [0.1, 0.15) is 10.4 Å². The highest BCUT2D eigenvalue weighted by molar-refractivity contribution is 8.01. The van der Waals surface area contributed by atoms with Gasteiger partial charge in [-0.25, -0.2) is 4.79 Å². The number of rotatable bonds is 3. The van der Waals surface area contributed by atoms with Gasteiger partial charge in [0.25, 0.3) is 0 Å². The molecule has 94 valence electrons. The van der Waals surface area contributed by atoms with Gasteiger partial charge in [0.2, 0.25) is 0 Å². The van der Waals surface area contributed by atoms with Gasteiger partial charge < -0.3 is 4.74 Å². The Kier molecular flexibility index (Phi) is 4.70. The third kappa shape index (κ3) is 3.81. The first-order valence-electron chi connectivity index (χ1n) is 4.41. The van der Waals surface area contributed by atoms with E-state index in [1.54, 1.807) is 0 Å². The number of carbonyl (C=O) groups excluding carboxylic acids is 1. The lowest BCUT2D eigenvalue weighted by Crippen LogP contribution is -2.20. The van der Waals surface area contributed by atoms with Crippen molar-refractivity contribution in [3.05, 3.63) is 29.8 Å². The third-order valence-electron chi connectivity index (χ3n) is 1.78. The second-order valence-electron chi connectivity index (χ2n) is 2.96. The van der Waals surface area contributed by atoms with Gasteiger partial charge in [-0.1, -0.05) is 23.9 Å². The Morgan fingerprint density at radius 3 is 2.53 bits per heavy atom. The molecule has 2 nitrogen and oxygen atoms in total. The van der Waals surface area contributed by atoms with E-state index in [0.717, 1.165) is 7.11 Å². The van der Waals surface area contributed by atoms with E-state index in [9.17, 15) is 18.0 Å². The molecule has 1 unspecified atom stereocenters. The molecule has 0 amide bonds. The molecule has 7 heteroatoms. The lowest BCUT2D eigenvalue weighted by atomic mass is 10.2. The van der Waals surface area contributed by atoms with Crippen LogP contribution in [0.25, 0.3) is 0 Å². The second kappa shape index (κ2) is 5.64. The smallest absolute Gasteiger partial charge is 0.414 e. The summed E-state index contributed by atoms with van der Waals surface area (Å²) in [4.78, 5) is 11.4. The van der Waals surface area contributed by atoms with Gasteiger partial charge in [-0.15, -0.1) is 11.6 Å². The summed E-state index contributed by atoms with van der Waals surface area (Å²) in [5.41, 5.74) is 0.0647. The van der Waals surface area contributed by atoms with Crippen LogP contribution in [0.2, 0.25) is 0 Å². The zero-order chi connectivity index (χ0) is 13.1. The average Bonchev–Trinajstić information content (AvgIpc) is 2.27. The molecule has 0 aliphatic carbocycles. The van der Waals surface area contributed by atoms with Crippen molar-refractivity contribution in [3.63, 3.8) is 0 Å². The minimum absolute atomic E-state index is 0.0647. The largest absolute Gasteiger partial charge is 0.465 e. The van der Waals surface area contributed by atoms with Crippen LogP contribution in [0, 0.1) is 0 Å². The minimum atomic E-state index is -4.53. The Morgan fingerprint density at radius 2 is 2.00 bits per heavy atom. The van der Waals surface area contributed by atoms with Gasteiger partial charge in [0.15, 0.2) is 4.71 Å². The maximum absolute atomic E-state index is 12.3. The molecule has 0 aromatic heterocycles. The maximum Gasteiger partial charge on any atom is 0.414 e. The number of thioether (sulfide) groups is 1. The molecule has 1 rings (SSSR count). The van der Waals surface area contributed by atoms with Crippen LogP contribution in [-0.2, 0) is 4.74 Å². The molecule has 0 bridgehead atoms. The van der Waals surface area contributed by atoms with Gasteiger partial charge in [0.05, 0.1) is 12.7 Å². The SMILES string of the molecule is COC(=O)c1ccccc1SC(Cl)C(F)(F)F. The molecule has 17 heavy (non-hydrogen) atoms. The minimum Gasteiger partial charge on any atom is -0.465 e. The predicted molar refractivity (Wildman–Crippen MR) is 59.3 cm³/mol. The van der Waals surface area contributed by atoms with E-state index in [-0.39, 0.29) is 10.5 Å². The standard InChI is InChI=1S/C10H8ClF3O2S/c1-16-8(15)6-4-2-3-5-7(6)17-9(11)10(12,13)14/h2-5,9H,1H3. The highest BCUT2D eigenvalue weighted by Gasteiger charge is 2.39. The first-order valence-corrected chi connectivity index (χ1v) is 5.72. The molecule has 0 N–H and O–H groups in total. The van der Waals surface area contributed by atoms with E-state index in [0.29, 0.717) is 11.8 Å². The fraction of sp³-hybridized carbons (Fsp3) is 0.300. The molecule has 1 atom stereocenters. The van der Waals surface area contributed by atoms with Crippen molar-refractivity contribution in [2.45, 2.75) is 15.8 Å². The number of carbonyl (C=O) groups is 1. The van der Waals surface area contributed by atoms with E-state index in [2.05, 4.69) is 4.74 Å². The summed E-state index contributed by atoms with van der Waals surface area (Å²) in [5.74, 6) is -0.695. The fourth-order valence-corrected chi connectivity index (χ4v) is 2.11. The lowest BCUT2D eigenvalue weighted by Gasteiger charge is -2.14. The van der Waals surface area contributed by atoms with Crippen molar-refractivity contribution in [3.8, 4) is 0 Å². The molecule has 0 fully saturated rings. The van der Waals surface area contributed by atoms with Crippen molar-refractivity contribution in [2.75, 3.05) is 7.11 Å². The molecule has 0 saturated carbocycles. The van der Waals surface area contributed by atoms with Crippen molar-refractivity contribution in [1.29, 1.82) is 0 Å². The Hall–Kier alpha value is -0.880. The van der Waals surface area contributed by atoms with Crippen molar-refractivity contribution < 1.29 is 22.7 Å². The van der Waals surface area contributed by atoms with E-state index in [1.165, 1.54) is 24.3 Å². The van der Waals surface area contributed by atoms with Crippen molar-refractivity contribution >= 4 is 29.3 Å². The number of hydrogen-bond acceptors (Lipinski definition) is 3. The first kappa shape index (κ1) is 14.2.